The van der Waals surface area contributed by atoms with Crippen molar-refractivity contribution in [2.24, 2.45) is 10.9 Å². The van der Waals surface area contributed by atoms with E-state index in [1.165, 1.54) is 6.07 Å². The maximum Gasteiger partial charge on any atom is 0.190 e. The summed E-state index contributed by atoms with van der Waals surface area (Å²) in [6.07, 6.45) is 1.79. The van der Waals surface area contributed by atoms with Crippen LogP contribution in [0.4, 0.5) is 4.39 Å². The molecule has 24 heavy (non-hydrogen) atoms. The highest BCUT2D eigenvalue weighted by atomic mass is 127. The standard InChI is InChI=1S/C18H30FN3O.HI/c1-14(2)13-23-11-5-9-21-18(20-4)22-10-8-16-6-7-17(19)12-15(16)3;/h6-7,12,14H,5,8-11,13H2,1-4H3,(H2,20,21,22);1H. The van der Waals surface area contributed by atoms with Gasteiger partial charge in [-0.1, -0.05) is 19.9 Å². The predicted molar refractivity (Wildman–Crippen MR) is 110 cm³/mol. The van der Waals surface area contributed by atoms with Crippen molar-refractivity contribution < 1.29 is 9.13 Å². The van der Waals surface area contributed by atoms with Crippen LogP contribution < -0.4 is 10.6 Å². The van der Waals surface area contributed by atoms with E-state index in [1.807, 2.05) is 13.0 Å². The Morgan fingerprint density at radius 1 is 1.25 bits per heavy atom. The monoisotopic (exact) mass is 451 g/mol. The molecule has 0 aliphatic heterocycles. The highest BCUT2D eigenvalue weighted by Crippen LogP contribution is 2.10. The Bertz CT molecular complexity index is 495. The molecule has 6 heteroatoms. The van der Waals surface area contributed by atoms with E-state index in [0.29, 0.717) is 5.92 Å². The number of ether oxygens (including phenoxy) is 1. The van der Waals surface area contributed by atoms with E-state index < -0.39 is 0 Å². The third kappa shape index (κ3) is 10.1. The summed E-state index contributed by atoms with van der Waals surface area (Å²) in [7, 11) is 1.76. The molecule has 1 aromatic carbocycles. The first kappa shape index (κ1) is 23.1. The number of aryl methyl sites for hydroxylation is 1. The second-order valence-corrected chi connectivity index (χ2v) is 6.07. The van der Waals surface area contributed by atoms with Crippen LogP contribution in [0.3, 0.4) is 0 Å². The molecule has 2 N–H and O–H groups in total. The van der Waals surface area contributed by atoms with Crippen molar-refractivity contribution in [1.29, 1.82) is 0 Å². The Balaban J connectivity index is 0.00000529. The predicted octanol–water partition coefficient (Wildman–Crippen LogP) is 3.52. The molecule has 0 unspecified atom stereocenters. The van der Waals surface area contributed by atoms with E-state index in [0.717, 1.165) is 56.2 Å². The van der Waals surface area contributed by atoms with Gasteiger partial charge in [0.1, 0.15) is 5.82 Å². The van der Waals surface area contributed by atoms with Crippen LogP contribution in [0, 0.1) is 18.7 Å². The minimum Gasteiger partial charge on any atom is -0.381 e. The Kier molecular flexibility index (Phi) is 12.9. The number of nitrogens with zero attached hydrogens (tertiary/aromatic N) is 1. The fourth-order valence-corrected chi connectivity index (χ4v) is 2.18. The highest BCUT2D eigenvalue weighted by Gasteiger charge is 2.02. The van der Waals surface area contributed by atoms with Crippen LogP contribution in [0.25, 0.3) is 0 Å². The van der Waals surface area contributed by atoms with Gasteiger partial charge in [0.05, 0.1) is 0 Å². The molecular weight excluding hydrogens is 420 g/mol. The zero-order valence-electron chi connectivity index (χ0n) is 15.2. The first-order valence-electron chi connectivity index (χ1n) is 8.30. The van der Waals surface area contributed by atoms with E-state index >= 15 is 0 Å². The van der Waals surface area contributed by atoms with Crippen molar-refractivity contribution in [3.8, 4) is 0 Å². The fourth-order valence-electron chi connectivity index (χ4n) is 2.18. The molecule has 1 rings (SSSR count). The molecule has 1 aromatic rings. The Morgan fingerprint density at radius 2 is 1.96 bits per heavy atom. The highest BCUT2D eigenvalue weighted by molar-refractivity contribution is 14.0. The zero-order valence-corrected chi connectivity index (χ0v) is 17.5. The van der Waals surface area contributed by atoms with Gasteiger partial charge in [0, 0.05) is 33.4 Å². The van der Waals surface area contributed by atoms with Crippen molar-refractivity contribution in [2.45, 2.75) is 33.6 Å². The molecule has 4 nitrogen and oxygen atoms in total. The molecule has 0 aliphatic rings. The molecule has 0 radical (unpaired) electrons. The molecule has 0 saturated heterocycles. The lowest BCUT2D eigenvalue weighted by atomic mass is 10.1. The number of aliphatic imine (C=N–C) groups is 1. The number of benzene rings is 1. The van der Waals surface area contributed by atoms with Gasteiger partial charge in [0.2, 0.25) is 0 Å². The summed E-state index contributed by atoms with van der Waals surface area (Å²) in [4.78, 5) is 4.20. The van der Waals surface area contributed by atoms with Crippen LogP contribution in [0.1, 0.15) is 31.4 Å². The van der Waals surface area contributed by atoms with Crippen LogP contribution in [-0.4, -0.2) is 39.3 Å². The first-order valence-corrected chi connectivity index (χ1v) is 8.30. The Labute approximate surface area is 162 Å². The summed E-state index contributed by atoms with van der Waals surface area (Å²) in [6, 6.07) is 4.92. The van der Waals surface area contributed by atoms with Gasteiger partial charge in [-0.2, -0.15) is 0 Å². The summed E-state index contributed by atoms with van der Waals surface area (Å²) in [5, 5.41) is 6.54. The fraction of sp³-hybridized carbons (Fsp3) is 0.611. The van der Waals surface area contributed by atoms with Gasteiger partial charge in [-0.05, 0) is 48.9 Å². The van der Waals surface area contributed by atoms with Gasteiger partial charge < -0.3 is 15.4 Å². The third-order valence-corrected chi connectivity index (χ3v) is 3.42. The molecule has 0 aliphatic carbocycles. The maximum absolute atomic E-state index is 13.1. The van der Waals surface area contributed by atoms with Gasteiger partial charge in [-0.3, -0.25) is 4.99 Å². The van der Waals surface area contributed by atoms with E-state index in [9.17, 15) is 4.39 Å². The molecule has 0 atom stereocenters. The van der Waals surface area contributed by atoms with Crippen LogP contribution >= 0.6 is 24.0 Å². The van der Waals surface area contributed by atoms with Crippen molar-refractivity contribution in [2.75, 3.05) is 33.4 Å². The maximum atomic E-state index is 13.1. The van der Waals surface area contributed by atoms with E-state index in [-0.39, 0.29) is 29.8 Å². The largest absolute Gasteiger partial charge is 0.381 e. The third-order valence-electron chi connectivity index (χ3n) is 3.42. The topological polar surface area (TPSA) is 45.7 Å². The number of rotatable bonds is 9. The summed E-state index contributed by atoms with van der Waals surface area (Å²) < 4.78 is 18.6. The van der Waals surface area contributed by atoms with Crippen LogP contribution in [0.5, 0.6) is 0 Å². The second kappa shape index (κ2) is 13.4. The number of nitrogens with one attached hydrogen (secondary N) is 2. The smallest absolute Gasteiger partial charge is 0.190 e. The Morgan fingerprint density at radius 3 is 2.58 bits per heavy atom. The molecular formula is C18H31FIN3O. The summed E-state index contributed by atoms with van der Waals surface area (Å²) in [5.41, 5.74) is 2.13. The van der Waals surface area contributed by atoms with Gasteiger partial charge in [-0.25, -0.2) is 4.39 Å². The summed E-state index contributed by atoms with van der Waals surface area (Å²) in [6.45, 7) is 9.38. The van der Waals surface area contributed by atoms with Crippen LogP contribution in [0.15, 0.2) is 23.2 Å². The Hall–Kier alpha value is -0.890. The number of guanidine groups is 1. The van der Waals surface area contributed by atoms with Crippen molar-refractivity contribution in [3.63, 3.8) is 0 Å². The van der Waals surface area contributed by atoms with Crippen molar-refractivity contribution in [3.05, 3.63) is 35.1 Å². The van der Waals surface area contributed by atoms with Crippen LogP contribution in [-0.2, 0) is 11.2 Å². The average molecular weight is 451 g/mol. The number of hydrogen-bond acceptors (Lipinski definition) is 2. The molecule has 138 valence electrons. The van der Waals surface area contributed by atoms with E-state index in [1.54, 1.807) is 13.1 Å². The average Bonchev–Trinajstić information content (AvgIpc) is 2.50. The molecule has 0 amide bonds. The van der Waals surface area contributed by atoms with Crippen LogP contribution in [0.2, 0.25) is 0 Å². The minimum absolute atomic E-state index is 0. The summed E-state index contributed by atoms with van der Waals surface area (Å²) >= 11 is 0. The zero-order chi connectivity index (χ0) is 17.1. The lowest BCUT2D eigenvalue weighted by Crippen LogP contribution is -2.39. The van der Waals surface area contributed by atoms with Gasteiger partial charge in [0.25, 0.3) is 0 Å². The molecule has 0 bridgehead atoms. The van der Waals surface area contributed by atoms with Gasteiger partial charge in [0.15, 0.2) is 5.96 Å². The van der Waals surface area contributed by atoms with Crippen molar-refractivity contribution in [1.82, 2.24) is 10.6 Å². The molecule has 0 spiro atoms. The lowest BCUT2D eigenvalue weighted by Gasteiger charge is -2.13. The van der Waals surface area contributed by atoms with Gasteiger partial charge in [-0.15, -0.1) is 24.0 Å². The lowest BCUT2D eigenvalue weighted by molar-refractivity contribution is 0.108. The SMILES string of the molecule is CN=C(NCCCOCC(C)C)NCCc1ccc(F)cc1C.I. The first-order chi connectivity index (χ1) is 11.0. The van der Waals surface area contributed by atoms with Gasteiger partial charge >= 0.3 is 0 Å². The van der Waals surface area contributed by atoms with E-state index in [2.05, 4.69) is 29.5 Å². The minimum atomic E-state index is -0.184. The molecule has 0 aromatic heterocycles. The molecule has 0 fully saturated rings. The number of hydrogen-bond donors (Lipinski definition) is 2. The van der Waals surface area contributed by atoms with Crippen molar-refractivity contribution >= 4 is 29.9 Å². The normalized spacial score (nSPS) is 11.3. The summed E-state index contributed by atoms with van der Waals surface area (Å²) in [5.74, 6) is 1.18. The molecule has 0 saturated carbocycles. The quantitative estimate of drug-likeness (QED) is 0.262. The van der Waals surface area contributed by atoms with E-state index in [4.69, 9.17) is 4.74 Å². The second-order valence-electron chi connectivity index (χ2n) is 6.07. The molecule has 0 heterocycles. The number of halogens is 2.